The first-order chi connectivity index (χ1) is 13.4. The van der Waals surface area contributed by atoms with E-state index >= 15 is 0 Å². The number of nitrogens with zero attached hydrogens (tertiary/aromatic N) is 4. The quantitative estimate of drug-likeness (QED) is 0.708. The van der Waals surface area contributed by atoms with Crippen LogP contribution in [0.3, 0.4) is 0 Å². The molecular formula is C20H22N6OS. The van der Waals surface area contributed by atoms with Gasteiger partial charge in [0.15, 0.2) is 10.9 Å². The van der Waals surface area contributed by atoms with E-state index in [2.05, 4.69) is 46.3 Å². The second-order valence-electron chi connectivity index (χ2n) is 7.13. The molecule has 2 aromatic heterocycles. The Kier molecular flexibility index (Phi) is 4.82. The molecule has 8 heteroatoms. The van der Waals surface area contributed by atoms with Gasteiger partial charge in [0.25, 0.3) is 0 Å². The van der Waals surface area contributed by atoms with Crippen molar-refractivity contribution >= 4 is 28.2 Å². The van der Waals surface area contributed by atoms with Gasteiger partial charge in [-0.2, -0.15) is 0 Å². The van der Waals surface area contributed by atoms with Crippen LogP contribution < -0.4 is 11.1 Å². The Hall–Kier alpha value is -2.84. The summed E-state index contributed by atoms with van der Waals surface area (Å²) in [6.07, 6.45) is 2.77. The van der Waals surface area contributed by atoms with Gasteiger partial charge in [0, 0.05) is 31.0 Å². The lowest BCUT2D eigenvalue weighted by Gasteiger charge is -2.27. The number of aryl methyl sites for hydroxylation is 1. The number of fused-ring (bicyclic) bond motifs is 1. The molecule has 144 valence electrons. The Morgan fingerprint density at radius 1 is 1.29 bits per heavy atom. The number of nitrogens with two attached hydrogens (primary N) is 1. The highest BCUT2D eigenvalue weighted by Gasteiger charge is 2.18. The molecule has 0 atom stereocenters. The Balaban J connectivity index is 1.73. The fourth-order valence-corrected chi connectivity index (χ4v) is 4.27. The molecule has 0 bridgehead atoms. The number of anilines is 2. The van der Waals surface area contributed by atoms with E-state index < -0.39 is 0 Å². The summed E-state index contributed by atoms with van der Waals surface area (Å²) >= 11 is 1.33. The SMILES string of the molecule is CC(=O)Nc1nc(-c2nc(-c3cc(C)c4c(c3)CN(C)CC4)cnc2N)cs1. The lowest BCUT2D eigenvalue weighted by Crippen LogP contribution is -2.27. The van der Waals surface area contributed by atoms with Crippen molar-refractivity contribution in [2.24, 2.45) is 0 Å². The number of amides is 1. The van der Waals surface area contributed by atoms with Gasteiger partial charge in [0.1, 0.15) is 11.4 Å². The highest BCUT2D eigenvalue weighted by atomic mass is 32.1. The largest absolute Gasteiger partial charge is 0.382 e. The molecule has 0 saturated heterocycles. The molecule has 0 fully saturated rings. The number of aromatic nitrogens is 3. The van der Waals surface area contributed by atoms with Crippen LogP contribution in [0.25, 0.3) is 22.6 Å². The predicted molar refractivity (Wildman–Crippen MR) is 112 cm³/mol. The van der Waals surface area contributed by atoms with Crippen LogP contribution in [0, 0.1) is 6.92 Å². The molecule has 0 radical (unpaired) electrons. The third-order valence-electron chi connectivity index (χ3n) is 4.88. The molecule has 1 aromatic carbocycles. The van der Waals surface area contributed by atoms with Crippen LogP contribution in [0.15, 0.2) is 23.7 Å². The molecule has 0 aliphatic carbocycles. The highest BCUT2D eigenvalue weighted by molar-refractivity contribution is 7.14. The third-order valence-corrected chi connectivity index (χ3v) is 5.63. The number of hydrogen-bond acceptors (Lipinski definition) is 7. The van der Waals surface area contributed by atoms with E-state index in [4.69, 9.17) is 10.7 Å². The molecule has 0 spiro atoms. The van der Waals surface area contributed by atoms with Crippen molar-refractivity contribution in [3.05, 3.63) is 40.4 Å². The summed E-state index contributed by atoms with van der Waals surface area (Å²) in [7, 11) is 2.14. The number of hydrogen-bond donors (Lipinski definition) is 2. The maximum absolute atomic E-state index is 11.2. The van der Waals surface area contributed by atoms with E-state index in [1.807, 2.05) is 5.38 Å². The number of nitrogens with one attached hydrogen (secondary N) is 1. The molecule has 0 saturated carbocycles. The molecule has 3 heterocycles. The van der Waals surface area contributed by atoms with Crippen molar-refractivity contribution in [1.82, 2.24) is 19.9 Å². The maximum Gasteiger partial charge on any atom is 0.223 e. The van der Waals surface area contributed by atoms with Gasteiger partial charge < -0.3 is 16.0 Å². The van der Waals surface area contributed by atoms with Gasteiger partial charge in [-0.1, -0.05) is 0 Å². The van der Waals surface area contributed by atoms with Crippen LogP contribution in [0.2, 0.25) is 0 Å². The number of thiazole rings is 1. The predicted octanol–water partition coefficient (Wildman–Crippen LogP) is 3.10. The third kappa shape index (κ3) is 3.61. The number of benzene rings is 1. The zero-order chi connectivity index (χ0) is 19.8. The van der Waals surface area contributed by atoms with Gasteiger partial charge in [-0.15, -0.1) is 11.3 Å². The molecule has 3 aromatic rings. The lowest BCUT2D eigenvalue weighted by atomic mass is 9.92. The summed E-state index contributed by atoms with van der Waals surface area (Å²) in [5.41, 5.74) is 13.0. The van der Waals surface area contributed by atoms with Crippen molar-refractivity contribution < 1.29 is 4.79 Å². The number of rotatable bonds is 3. The number of carbonyl (C=O) groups is 1. The second kappa shape index (κ2) is 7.29. The molecule has 1 aliphatic rings. The fourth-order valence-electron chi connectivity index (χ4n) is 3.53. The van der Waals surface area contributed by atoms with Crippen LogP contribution >= 0.6 is 11.3 Å². The Morgan fingerprint density at radius 3 is 2.89 bits per heavy atom. The second-order valence-corrected chi connectivity index (χ2v) is 7.98. The first-order valence-electron chi connectivity index (χ1n) is 9.08. The van der Waals surface area contributed by atoms with Gasteiger partial charge in [-0.05, 0) is 49.2 Å². The molecule has 1 amide bonds. The minimum absolute atomic E-state index is 0.164. The zero-order valence-electron chi connectivity index (χ0n) is 16.1. The van der Waals surface area contributed by atoms with Crippen molar-refractivity contribution in [3.63, 3.8) is 0 Å². The standard InChI is InChI=1S/C20H22N6OS/c1-11-6-13(7-14-9-26(3)5-4-15(11)14)16-8-22-19(21)18(24-16)17-10-28-20(25-17)23-12(2)27/h6-8,10H,4-5,9H2,1-3H3,(H2,21,22)(H,23,25,27). The molecule has 1 aliphatic heterocycles. The molecule has 7 nitrogen and oxygen atoms in total. The minimum Gasteiger partial charge on any atom is -0.382 e. The van der Waals surface area contributed by atoms with Crippen molar-refractivity contribution in [2.45, 2.75) is 26.8 Å². The Labute approximate surface area is 167 Å². The van der Waals surface area contributed by atoms with E-state index in [1.165, 1.54) is 35.0 Å². The summed E-state index contributed by atoms with van der Waals surface area (Å²) in [6.45, 7) is 5.62. The van der Waals surface area contributed by atoms with Gasteiger partial charge in [-0.25, -0.2) is 15.0 Å². The van der Waals surface area contributed by atoms with Gasteiger partial charge in [-0.3, -0.25) is 4.79 Å². The maximum atomic E-state index is 11.2. The molecule has 28 heavy (non-hydrogen) atoms. The summed E-state index contributed by atoms with van der Waals surface area (Å²) in [6, 6.07) is 4.36. The van der Waals surface area contributed by atoms with E-state index in [1.54, 1.807) is 6.20 Å². The van der Waals surface area contributed by atoms with Crippen molar-refractivity contribution in [1.29, 1.82) is 0 Å². The molecule has 3 N–H and O–H groups in total. The first-order valence-corrected chi connectivity index (χ1v) is 9.96. The fraction of sp³-hybridized carbons (Fsp3) is 0.300. The summed E-state index contributed by atoms with van der Waals surface area (Å²) in [5.74, 6) is 0.154. The van der Waals surface area contributed by atoms with Crippen LogP contribution in [-0.4, -0.2) is 39.4 Å². The summed E-state index contributed by atoms with van der Waals surface area (Å²) < 4.78 is 0. The number of nitrogen functional groups attached to an aromatic ring is 1. The highest BCUT2D eigenvalue weighted by Crippen LogP contribution is 2.31. The Morgan fingerprint density at radius 2 is 2.11 bits per heavy atom. The van der Waals surface area contributed by atoms with Gasteiger partial charge in [0.05, 0.1) is 11.9 Å². The van der Waals surface area contributed by atoms with E-state index in [0.29, 0.717) is 22.3 Å². The summed E-state index contributed by atoms with van der Waals surface area (Å²) in [4.78, 5) is 27.1. The number of likely N-dealkylation sites (N-methyl/N-ethyl adjacent to an activating group) is 1. The monoisotopic (exact) mass is 394 g/mol. The van der Waals surface area contributed by atoms with Crippen molar-refractivity contribution in [3.8, 4) is 22.6 Å². The van der Waals surface area contributed by atoms with Crippen molar-refractivity contribution in [2.75, 3.05) is 24.6 Å². The van der Waals surface area contributed by atoms with E-state index in [9.17, 15) is 4.79 Å². The van der Waals surface area contributed by atoms with Crippen LogP contribution in [0.1, 0.15) is 23.6 Å². The smallest absolute Gasteiger partial charge is 0.223 e. The summed E-state index contributed by atoms with van der Waals surface area (Å²) in [5, 5.41) is 5.02. The average Bonchev–Trinajstić information content (AvgIpc) is 3.09. The van der Waals surface area contributed by atoms with Crippen LogP contribution in [-0.2, 0) is 17.8 Å². The number of carbonyl (C=O) groups excluding carboxylic acids is 1. The van der Waals surface area contributed by atoms with E-state index in [0.717, 1.165) is 30.8 Å². The lowest BCUT2D eigenvalue weighted by molar-refractivity contribution is -0.114. The topological polar surface area (TPSA) is 97.0 Å². The van der Waals surface area contributed by atoms with Gasteiger partial charge in [0.2, 0.25) is 5.91 Å². The molecular weight excluding hydrogens is 372 g/mol. The molecule has 0 unspecified atom stereocenters. The molecule has 4 rings (SSSR count). The average molecular weight is 395 g/mol. The first kappa shape index (κ1) is 18.5. The Bertz CT molecular complexity index is 1060. The van der Waals surface area contributed by atoms with Crippen LogP contribution in [0.5, 0.6) is 0 Å². The zero-order valence-corrected chi connectivity index (χ0v) is 16.9. The van der Waals surface area contributed by atoms with Gasteiger partial charge >= 0.3 is 0 Å². The normalized spacial score (nSPS) is 14.0. The minimum atomic E-state index is -0.164. The van der Waals surface area contributed by atoms with Crippen LogP contribution in [0.4, 0.5) is 10.9 Å². The van der Waals surface area contributed by atoms with E-state index in [-0.39, 0.29) is 5.91 Å².